The van der Waals surface area contributed by atoms with Crippen molar-refractivity contribution < 1.29 is 18.7 Å². The summed E-state index contributed by atoms with van der Waals surface area (Å²) in [5.41, 5.74) is 1.61. The molecular weight excluding hydrogens is 323 g/mol. The Kier molecular flexibility index (Phi) is 4.97. The highest BCUT2D eigenvalue weighted by atomic mass is 19.1. The van der Waals surface area contributed by atoms with Gasteiger partial charge in [0.2, 0.25) is 11.8 Å². The van der Waals surface area contributed by atoms with Crippen LogP contribution >= 0.6 is 0 Å². The number of anilines is 1. The van der Waals surface area contributed by atoms with E-state index >= 15 is 0 Å². The van der Waals surface area contributed by atoms with Crippen LogP contribution in [0.2, 0.25) is 0 Å². The minimum Gasteiger partial charge on any atom is -0.489 e. The summed E-state index contributed by atoms with van der Waals surface area (Å²) in [7, 11) is 1.57. The van der Waals surface area contributed by atoms with Gasteiger partial charge in [-0.15, -0.1) is 0 Å². The lowest BCUT2D eigenvalue weighted by Gasteiger charge is -2.17. The van der Waals surface area contributed by atoms with E-state index < -0.39 is 0 Å². The van der Waals surface area contributed by atoms with Gasteiger partial charge in [-0.2, -0.15) is 0 Å². The van der Waals surface area contributed by atoms with Crippen LogP contribution in [0, 0.1) is 11.7 Å². The number of carbonyl (C=O) groups is 2. The lowest BCUT2D eigenvalue weighted by Crippen LogP contribution is -2.30. The molecule has 0 spiro atoms. The van der Waals surface area contributed by atoms with Gasteiger partial charge in [0, 0.05) is 25.7 Å². The number of rotatable bonds is 5. The van der Waals surface area contributed by atoms with Gasteiger partial charge in [0.15, 0.2) is 0 Å². The molecule has 1 aliphatic rings. The first-order valence-electron chi connectivity index (χ1n) is 8.06. The summed E-state index contributed by atoms with van der Waals surface area (Å²) in [4.78, 5) is 25.4. The molecule has 6 heteroatoms. The van der Waals surface area contributed by atoms with Crippen molar-refractivity contribution in [2.45, 2.75) is 13.0 Å². The second kappa shape index (κ2) is 7.34. The maximum atomic E-state index is 12.9. The molecule has 2 aromatic rings. The highest BCUT2D eigenvalue weighted by Crippen LogP contribution is 2.27. The lowest BCUT2D eigenvalue weighted by atomic mass is 10.1. The zero-order valence-corrected chi connectivity index (χ0v) is 13.9. The molecule has 3 rings (SSSR count). The molecule has 25 heavy (non-hydrogen) atoms. The molecule has 1 atom stereocenters. The summed E-state index contributed by atoms with van der Waals surface area (Å²) in [5, 5.41) is 2.58. The second-order valence-electron chi connectivity index (χ2n) is 5.93. The minimum absolute atomic E-state index is 0.0615. The number of nitrogens with one attached hydrogen (secondary N) is 1. The van der Waals surface area contributed by atoms with E-state index in [9.17, 15) is 14.0 Å². The normalized spacial score (nSPS) is 16.8. The molecule has 0 aromatic heterocycles. The smallest absolute Gasteiger partial charge is 0.227 e. The van der Waals surface area contributed by atoms with E-state index in [1.165, 1.54) is 12.1 Å². The van der Waals surface area contributed by atoms with Gasteiger partial charge >= 0.3 is 0 Å². The summed E-state index contributed by atoms with van der Waals surface area (Å²) in [6.45, 7) is 0.718. The van der Waals surface area contributed by atoms with Crippen molar-refractivity contribution in [1.82, 2.24) is 5.32 Å². The predicted molar refractivity (Wildman–Crippen MR) is 91.7 cm³/mol. The van der Waals surface area contributed by atoms with Crippen LogP contribution in [0.15, 0.2) is 48.5 Å². The third kappa shape index (κ3) is 3.96. The van der Waals surface area contributed by atoms with Gasteiger partial charge < -0.3 is 15.0 Å². The molecule has 1 heterocycles. The molecule has 0 bridgehead atoms. The first kappa shape index (κ1) is 17.0. The van der Waals surface area contributed by atoms with Gasteiger partial charge in [0.1, 0.15) is 18.2 Å². The summed E-state index contributed by atoms with van der Waals surface area (Å²) in [5.74, 6) is -0.114. The first-order chi connectivity index (χ1) is 12.1. The molecule has 1 aliphatic heterocycles. The van der Waals surface area contributed by atoms with Crippen molar-refractivity contribution in [2.24, 2.45) is 5.92 Å². The Morgan fingerprint density at radius 3 is 2.52 bits per heavy atom. The van der Waals surface area contributed by atoms with Gasteiger partial charge in [-0.3, -0.25) is 9.59 Å². The molecule has 1 N–H and O–H groups in total. The number of hydrogen-bond donors (Lipinski definition) is 1. The Balaban J connectivity index is 1.61. The highest BCUT2D eigenvalue weighted by Gasteiger charge is 2.34. The van der Waals surface area contributed by atoms with E-state index in [1.54, 1.807) is 48.3 Å². The maximum Gasteiger partial charge on any atom is 0.227 e. The number of nitrogens with zero attached hydrogens (tertiary/aromatic N) is 1. The molecule has 1 saturated heterocycles. The number of amides is 2. The molecule has 5 nitrogen and oxygen atoms in total. The zero-order valence-electron chi connectivity index (χ0n) is 13.9. The summed E-state index contributed by atoms with van der Waals surface area (Å²) < 4.78 is 18.5. The third-order valence-electron chi connectivity index (χ3n) is 4.21. The topological polar surface area (TPSA) is 58.6 Å². The van der Waals surface area contributed by atoms with E-state index in [0.29, 0.717) is 18.9 Å². The van der Waals surface area contributed by atoms with E-state index in [2.05, 4.69) is 5.32 Å². The summed E-state index contributed by atoms with van der Waals surface area (Å²) in [6, 6.07) is 13.3. The fourth-order valence-corrected chi connectivity index (χ4v) is 2.81. The van der Waals surface area contributed by atoms with Crippen LogP contribution in [0.5, 0.6) is 5.75 Å². The van der Waals surface area contributed by atoms with E-state index in [0.717, 1.165) is 11.3 Å². The summed E-state index contributed by atoms with van der Waals surface area (Å²) in [6.07, 6.45) is 0.225. The zero-order chi connectivity index (χ0) is 17.8. The number of ether oxygens (including phenoxy) is 1. The number of benzene rings is 2. The Morgan fingerprint density at radius 1 is 1.20 bits per heavy atom. The molecular formula is C19H19FN2O3. The van der Waals surface area contributed by atoms with Gasteiger partial charge in [0.25, 0.3) is 0 Å². The standard InChI is InChI=1S/C19H19FN2O3/c1-21-19(24)14-10-18(23)22(11-14)16-6-8-17(9-7-16)25-12-13-2-4-15(20)5-3-13/h2-9,14H,10-12H2,1H3,(H,21,24)/t14-/m0/s1. The van der Waals surface area contributed by atoms with E-state index in [-0.39, 0.29) is 30.0 Å². The van der Waals surface area contributed by atoms with Crippen LogP contribution < -0.4 is 15.0 Å². The molecule has 0 unspecified atom stereocenters. The molecule has 0 aliphatic carbocycles. The average Bonchev–Trinajstić information content (AvgIpc) is 3.03. The second-order valence-corrected chi connectivity index (χ2v) is 5.93. The van der Waals surface area contributed by atoms with Gasteiger partial charge in [-0.25, -0.2) is 4.39 Å². The van der Waals surface area contributed by atoms with Gasteiger partial charge in [-0.05, 0) is 42.0 Å². The van der Waals surface area contributed by atoms with Crippen molar-refractivity contribution >= 4 is 17.5 Å². The van der Waals surface area contributed by atoms with Crippen LogP contribution in [0.1, 0.15) is 12.0 Å². The van der Waals surface area contributed by atoms with Crippen LogP contribution in [-0.2, 0) is 16.2 Å². The third-order valence-corrected chi connectivity index (χ3v) is 4.21. The number of carbonyl (C=O) groups excluding carboxylic acids is 2. The average molecular weight is 342 g/mol. The van der Waals surface area contributed by atoms with Crippen molar-refractivity contribution in [2.75, 3.05) is 18.5 Å². The minimum atomic E-state index is -0.313. The molecule has 2 aromatic carbocycles. The van der Waals surface area contributed by atoms with Crippen molar-refractivity contribution in [3.05, 3.63) is 59.9 Å². The Morgan fingerprint density at radius 2 is 1.88 bits per heavy atom. The first-order valence-corrected chi connectivity index (χ1v) is 8.06. The maximum absolute atomic E-state index is 12.9. The van der Waals surface area contributed by atoms with Crippen LogP contribution in [0.3, 0.4) is 0 Å². The fraction of sp³-hybridized carbons (Fsp3) is 0.263. The van der Waals surface area contributed by atoms with Crippen LogP contribution in [0.25, 0.3) is 0 Å². The molecule has 2 amide bonds. The number of halogens is 1. The predicted octanol–water partition coefficient (Wildman–Crippen LogP) is 2.50. The van der Waals surface area contributed by atoms with E-state index in [4.69, 9.17) is 4.74 Å². The lowest BCUT2D eigenvalue weighted by molar-refractivity contribution is -0.125. The van der Waals surface area contributed by atoms with Crippen molar-refractivity contribution in [3.63, 3.8) is 0 Å². The molecule has 0 saturated carbocycles. The molecule has 130 valence electrons. The molecule has 1 fully saturated rings. The summed E-state index contributed by atoms with van der Waals surface area (Å²) >= 11 is 0. The van der Waals surface area contributed by atoms with Crippen molar-refractivity contribution in [1.29, 1.82) is 0 Å². The van der Waals surface area contributed by atoms with Gasteiger partial charge in [-0.1, -0.05) is 12.1 Å². The van der Waals surface area contributed by atoms with Crippen molar-refractivity contribution in [3.8, 4) is 5.75 Å². The quantitative estimate of drug-likeness (QED) is 0.908. The monoisotopic (exact) mass is 342 g/mol. The van der Waals surface area contributed by atoms with E-state index in [1.807, 2.05) is 0 Å². The Bertz CT molecular complexity index is 759. The van der Waals surface area contributed by atoms with Crippen LogP contribution in [0.4, 0.5) is 10.1 Å². The van der Waals surface area contributed by atoms with Crippen LogP contribution in [-0.4, -0.2) is 25.4 Å². The molecule has 0 radical (unpaired) electrons. The Labute approximate surface area is 145 Å². The number of hydrogen-bond acceptors (Lipinski definition) is 3. The highest BCUT2D eigenvalue weighted by molar-refractivity contribution is 6.00. The largest absolute Gasteiger partial charge is 0.489 e. The van der Waals surface area contributed by atoms with Gasteiger partial charge in [0.05, 0.1) is 5.92 Å². The SMILES string of the molecule is CNC(=O)[C@H]1CC(=O)N(c2ccc(OCc3ccc(F)cc3)cc2)C1. The Hall–Kier alpha value is -2.89. The fourth-order valence-electron chi connectivity index (χ4n) is 2.81.